The zero-order valence-electron chi connectivity index (χ0n) is 24.6. The molecular formula is C33H43ClO5S. The second-order valence-corrected chi connectivity index (χ2v) is 12.1. The minimum Gasteiger partial charge on any atom is -0.490 e. The van der Waals surface area contributed by atoms with Gasteiger partial charge in [0.15, 0.2) is 0 Å². The number of thioether (sulfide) groups is 1. The molecule has 218 valence electrons. The number of carbonyl (C=O) groups excluding carboxylic acids is 2. The van der Waals surface area contributed by atoms with Gasteiger partial charge in [-0.15, -0.1) is 11.8 Å². The van der Waals surface area contributed by atoms with E-state index in [-0.39, 0.29) is 25.6 Å². The van der Waals surface area contributed by atoms with Crippen LogP contribution >= 0.6 is 23.4 Å². The molecule has 5 nitrogen and oxygen atoms in total. The summed E-state index contributed by atoms with van der Waals surface area (Å²) in [4.78, 5) is 24.7. The summed E-state index contributed by atoms with van der Waals surface area (Å²) < 4.78 is 16.8. The minimum atomic E-state index is -0.509. The highest BCUT2D eigenvalue weighted by Gasteiger charge is 2.20. The Morgan fingerprint density at radius 3 is 2.10 bits per heavy atom. The number of allylic oxidation sites excluding steroid dienone is 2. The van der Waals surface area contributed by atoms with Gasteiger partial charge < -0.3 is 14.2 Å². The van der Waals surface area contributed by atoms with Crippen LogP contribution in [0.15, 0.2) is 71.7 Å². The monoisotopic (exact) mass is 586 g/mol. The van der Waals surface area contributed by atoms with E-state index in [9.17, 15) is 9.59 Å². The molecule has 1 atom stereocenters. The normalized spacial score (nSPS) is 11.8. The smallest absolute Gasteiger partial charge is 0.330 e. The zero-order chi connectivity index (χ0) is 29.7. The Balaban J connectivity index is 2.09. The van der Waals surface area contributed by atoms with Gasteiger partial charge in [0.25, 0.3) is 0 Å². The molecule has 0 heterocycles. The molecule has 0 saturated heterocycles. The summed E-state index contributed by atoms with van der Waals surface area (Å²) in [6, 6.07) is 15.7. The summed E-state index contributed by atoms with van der Waals surface area (Å²) in [6.45, 7) is 17.2. The van der Waals surface area contributed by atoms with Crippen molar-refractivity contribution in [2.24, 2.45) is 17.8 Å². The molecule has 0 aliphatic heterocycles. The summed E-state index contributed by atoms with van der Waals surface area (Å²) >= 11 is 7.57. The number of hydrogen-bond acceptors (Lipinski definition) is 6. The molecule has 0 spiro atoms. The van der Waals surface area contributed by atoms with E-state index >= 15 is 0 Å². The van der Waals surface area contributed by atoms with Crippen LogP contribution in [-0.4, -0.2) is 37.0 Å². The quantitative estimate of drug-likeness (QED) is 0.0848. The highest BCUT2D eigenvalue weighted by atomic mass is 35.5. The van der Waals surface area contributed by atoms with Crippen LogP contribution in [0.4, 0.5) is 0 Å². The van der Waals surface area contributed by atoms with E-state index in [0.29, 0.717) is 35.0 Å². The van der Waals surface area contributed by atoms with Gasteiger partial charge >= 0.3 is 11.9 Å². The van der Waals surface area contributed by atoms with E-state index in [1.807, 2.05) is 36.4 Å². The SMILES string of the molecule is C=CC(=O)OCCCC(=O)OC(COc1ccc(C(=C(C(C)C)C(C)C)C(C)C)cc1)CSc1ccc(Cl)cc1. The molecule has 0 radical (unpaired) electrons. The van der Waals surface area contributed by atoms with Crippen LogP contribution in [0, 0.1) is 17.8 Å². The average Bonchev–Trinajstić information content (AvgIpc) is 2.91. The Morgan fingerprint density at radius 1 is 0.925 bits per heavy atom. The molecule has 2 rings (SSSR count). The van der Waals surface area contributed by atoms with Gasteiger partial charge in [0, 0.05) is 28.2 Å². The Labute approximate surface area is 249 Å². The number of halogens is 1. The first-order valence-corrected chi connectivity index (χ1v) is 15.2. The fraction of sp³-hybridized carbons (Fsp3) is 0.455. The molecule has 2 aromatic carbocycles. The van der Waals surface area contributed by atoms with Gasteiger partial charge in [-0.2, -0.15) is 0 Å². The number of esters is 2. The second-order valence-electron chi connectivity index (χ2n) is 10.5. The van der Waals surface area contributed by atoms with E-state index < -0.39 is 12.1 Å². The molecule has 2 aromatic rings. The number of benzene rings is 2. The molecule has 0 saturated carbocycles. The second kappa shape index (κ2) is 17.2. The van der Waals surface area contributed by atoms with Gasteiger partial charge in [0.1, 0.15) is 18.5 Å². The lowest BCUT2D eigenvalue weighted by Crippen LogP contribution is -2.27. The van der Waals surface area contributed by atoms with E-state index in [1.165, 1.54) is 16.7 Å². The molecular weight excluding hydrogens is 544 g/mol. The maximum Gasteiger partial charge on any atom is 0.330 e. The van der Waals surface area contributed by atoms with Crippen molar-refractivity contribution in [3.63, 3.8) is 0 Å². The summed E-state index contributed by atoms with van der Waals surface area (Å²) in [5.74, 6) is 1.70. The molecule has 0 N–H and O–H groups in total. The fourth-order valence-electron chi connectivity index (χ4n) is 4.57. The summed E-state index contributed by atoms with van der Waals surface area (Å²) in [7, 11) is 0. The van der Waals surface area contributed by atoms with Gasteiger partial charge in [0.2, 0.25) is 0 Å². The Hall–Kier alpha value is -2.70. The van der Waals surface area contributed by atoms with Crippen molar-refractivity contribution in [3.8, 4) is 5.75 Å². The first-order chi connectivity index (χ1) is 19.0. The zero-order valence-corrected chi connectivity index (χ0v) is 26.1. The summed E-state index contributed by atoms with van der Waals surface area (Å²) in [5, 5.41) is 0.667. The maximum absolute atomic E-state index is 12.5. The average molecular weight is 587 g/mol. The lowest BCUT2D eigenvalue weighted by molar-refractivity contribution is -0.150. The minimum absolute atomic E-state index is 0.134. The lowest BCUT2D eigenvalue weighted by atomic mass is 9.81. The molecule has 0 fully saturated rings. The molecule has 0 aliphatic carbocycles. The van der Waals surface area contributed by atoms with Crippen LogP contribution in [0.2, 0.25) is 5.02 Å². The molecule has 7 heteroatoms. The van der Waals surface area contributed by atoms with Gasteiger partial charge in [-0.1, -0.05) is 77.4 Å². The third-order valence-corrected chi connectivity index (χ3v) is 7.61. The van der Waals surface area contributed by atoms with Crippen LogP contribution in [0.5, 0.6) is 5.75 Å². The van der Waals surface area contributed by atoms with Crippen LogP contribution in [0.1, 0.15) is 59.9 Å². The highest BCUT2D eigenvalue weighted by Crippen LogP contribution is 2.35. The van der Waals surface area contributed by atoms with E-state index in [0.717, 1.165) is 16.7 Å². The standard InChI is InChI=1S/C33H43ClO5S/c1-8-30(35)37-19-9-10-31(36)39-28(21-40-29-17-13-26(34)14-18-29)20-38-27-15-11-25(12-16-27)33(24(6)7)32(22(2)3)23(4)5/h8,11-18,22-24,28H,1,9-10,19-21H2,2-7H3. The van der Waals surface area contributed by atoms with Gasteiger partial charge in [0.05, 0.1) is 6.61 Å². The lowest BCUT2D eigenvalue weighted by Gasteiger charge is -2.25. The molecule has 0 aromatic heterocycles. The Kier molecular flexibility index (Phi) is 14.4. The molecule has 0 amide bonds. The Morgan fingerprint density at radius 2 is 1.55 bits per heavy atom. The van der Waals surface area contributed by atoms with Gasteiger partial charge in [-0.05, 0) is 71.7 Å². The van der Waals surface area contributed by atoms with E-state index in [4.69, 9.17) is 25.8 Å². The van der Waals surface area contributed by atoms with Gasteiger partial charge in [-0.25, -0.2) is 4.79 Å². The molecule has 1 unspecified atom stereocenters. The van der Waals surface area contributed by atoms with Crippen molar-refractivity contribution in [2.75, 3.05) is 19.0 Å². The van der Waals surface area contributed by atoms with E-state index in [1.54, 1.807) is 11.8 Å². The highest BCUT2D eigenvalue weighted by molar-refractivity contribution is 7.99. The van der Waals surface area contributed by atoms with Crippen molar-refractivity contribution >= 4 is 40.9 Å². The van der Waals surface area contributed by atoms with Crippen LogP contribution < -0.4 is 4.74 Å². The van der Waals surface area contributed by atoms with Crippen molar-refractivity contribution in [1.29, 1.82) is 0 Å². The largest absolute Gasteiger partial charge is 0.490 e. The third kappa shape index (κ3) is 11.4. The summed E-state index contributed by atoms with van der Waals surface area (Å²) in [5.41, 5.74) is 4.08. The topological polar surface area (TPSA) is 61.8 Å². The predicted octanol–water partition coefficient (Wildman–Crippen LogP) is 8.65. The maximum atomic E-state index is 12.5. The van der Waals surface area contributed by atoms with Crippen LogP contribution in [0.3, 0.4) is 0 Å². The number of ether oxygens (including phenoxy) is 3. The van der Waals surface area contributed by atoms with E-state index in [2.05, 4.69) is 60.3 Å². The van der Waals surface area contributed by atoms with Crippen LogP contribution in [0.25, 0.3) is 5.57 Å². The third-order valence-electron chi connectivity index (χ3n) is 6.22. The first kappa shape index (κ1) is 33.5. The fourth-order valence-corrected chi connectivity index (χ4v) is 5.57. The number of carbonyl (C=O) groups is 2. The molecule has 40 heavy (non-hydrogen) atoms. The molecule has 0 aliphatic rings. The number of hydrogen-bond donors (Lipinski definition) is 0. The van der Waals surface area contributed by atoms with Crippen molar-refractivity contribution in [3.05, 3.63) is 77.3 Å². The summed E-state index contributed by atoms with van der Waals surface area (Å²) in [6.07, 6.45) is 1.14. The first-order valence-electron chi connectivity index (χ1n) is 13.9. The predicted molar refractivity (Wildman–Crippen MR) is 166 cm³/mol. The van der Waals surface area contributed by atoms with Crippen molar-refractivity contribution in [1.82, 2.24) is 0 Å². The Bertz CT molecular complexity index is 1110. The van der Waals surface area contributed by atoms with Crippen LogP contribution in [-0.2, 0) is 19.1 Å². The van der Waals surface area contributed by atoms with Gasteiger partial charge in [-0.3, -0.25) is 4.79 Å². The van der Waals surface area contributed by atoms with Crippen molar-refractivity contribution in [2.45, 2.75) is 65.4 Å². The molecule has 0 bridgehead atoms. The van der Waals surface area contributed by atoms with Crippen molar-refractivity contribution < 1.29 is 23.8 Å². The number of rotatable bonds is 16.